The van der Waals surface area contributed by atoms with Crippen molar-refractivity contribution in [3.05, 3.63) is 34.1 Å². The normalized spacial score (nSPS) is 36.2. The zero-order valence-corrected chi connectivity index (χ0v) is 11.7. The molecule has 76 valence electrons. The Labute approximate surface area is 105 Å². The van der Waals surface area contributed by atoms with Crippen LogP contribution in [0.15, 0.2) is 34.1 Å². The topological polar surface area (TPSA) is 9.23 Å². The Kier molecular flexibility index (Phi) is 2.61. The van der Waals surface area contributed by atoms with Gasteiger partial charge in [0.25, 0.3) is 0 Å². The highest BCUT2D eigenvalue weighted by Crippen LogP contribution is 2.49. The summed E-state index contributed by atoms with van der Waals surface area (Å²) in [4.78, 5) is 0. The molecule has 1 heterocycles. The van der Waals surface area contributed by atoms with Gasteiger partial charge in [-0.25, -0.2) is 0 Å². The third kappa shape index (κ3) is 1.50. The fraction of sp³-hybridized carbons (Fsp3) is 0.400. The van der Waals surface area contributed by atoms with Crippen molar-refractivity contribution in [2.24, 2.45) is 0 Å². The second-order valence-corrected chi connectivity index (χ2v) is 6.45. The molecule has 0 saturated carbocycles. The molecule has 2 atom stereocenters. The summed E-state index contributed by atoms with van der Waals surface area (Å²) in [5.74, 6) is 0.927. The summed E-state index contributed by atoms with van der Waals surface area (Å²) in [7, 11) is 0. The molecule has 0 amide bonds. The SMILES string of the molecule is CC1=C2OC(Br)C=C2C(C)(Br)C(Cl)=C1. The summed E-state index contributed by atoms with van der Waals surface area (Å²) in [5, 5.41) is 0.741. The van der Waals surface area contributed by atoms with Gasteiger partial charge in [0.05, 0.1) is 4.32 Å². The summed E-state index contributed by atoms with van der Waals surface area (Å²) in [6.45, 7) is 4.03. The van der Waals surface area contributed by atoms with E-state index in [9.17, 15) is 0 Å². The highest BCUT2D eigenvalue weighted by Gasteiger charge is 2.40. The average Bonchev–Trinajstić information content (AvgIpc) is 2.45. The van der Waals surface area contributed by atoms with Gasteiger partial charge >= 0.3 is 0 Å². The van der Waals surface area contributed by atoms with E-state index in [-0.39, 0.29) is 9.34 Å². The first-order valence-corrected chi connectivity index (χ1v) is 6.32. The molecule has 0 fully saturated rings. The molecule has 2 aliphatic rings. The molecule has 0 radical (unpaired) electrons. The van der Waals surface area contributed by atoms with E-state index in [1.165, 1.54) is 0 Å². The lowest BCUT2D eigenvalue weighted by Crippen LogP contribution is -2.23. The second-order valence-electron chi connectivity index (χ2n) is 3.56. The highest BCUT2D eigenvalue weighted by atomic mass is 79.9. The fourth-order valence-corrected chi connectivity index (χ4v) is 2.76. The van der Waals surface area contributed by atoms with Gasteiger partial charge in [-0.1, -0.05) is 27.5 Å². The molecule has 1 aliphatic heterocycles. The minimum Gasteiger partial charge on any atom is -0.474 e. The van der Waals surface area contributed by atoms with Crippen LogP contribution in [0.25, 0.3) is 0 Å². The van der Waals surface area contributed by atoms with Crippen LogP contribution in [-0.4, -0.2) is 9.34 Å². The molecule has 2 unspecified atom stereocenters. The van der Waals surface area contributed by atoms with Crippen molar-refractivity contribution in [3.63, 3.8) is 0 Å². The predicted octanol–water partition coefficient (Wildman–Crippen LogP) is 4.23. The molecule has 14 heavy (non-hydrogen) atoms. The lowest BCUT2D eigenvalue weighted by Gasteiger charge is -2.28. The number of hydrogen-bond donors (Lipinski definition) is 0. The van der Waals surface area contributed by atoms with Crippen LogP contribution >= 0.6 is 43.5 Å². The number of ether oxygens (including phenoxy) is 1. The van der Waals surface area contributed by atoms with E-state index in [1.807, 2.05) is 26.0 Å². The van der Waals surface area contributed by atoms with Gasteiger partial charge in [-0.3, -0.25) is 0 Å². The van der Waals surface area contributed by atoms with E-state index in [2.05, 4.69) is 31.9 Å². The highest BCUT2D eigenvalue weighted by molar-refractivity contribution is 9.10. The number of alkyl halides is 2. The molecule has 4 heteroatoms. The standard InChI is InChI=1S/C10H9Br2ClO/c1-5-3-7(13)10(2,12)6-4-8(11)14-9(5)6/h3-4,8H,1-2H3. The predicted molar refractivity (Wildman–Crippen MR) is 65.9 cm³/mol. The van der Waals surface area contributed by atoms with E-state index < -0.39 is 0 Å². The Morgan fingerprint density at radius 2 is 2.21 bits per heavy atom. The molecule has 0 aromatic heterocycles. The fourth-order valence-electron chi connectivity index (χ4n) is 1.61. The first-order chi connectivity index (χ1) is 6.43. The van der Waals surface area contributed by atoms with Crippen LogP contribution in [0.4, 0.5) is 0 Å². The first-order valence-electron chi connectivity index (χ1n) is 4.24. The van der Waals surface area contributed by atoms with Crippen LogP contribution in [0.2, 0.25) is 0 Å². The Morgan fingerprint density at radius 3 is 2.86 bits per heavy atom. The Hall–Kier alpha value is 0.270. The van der Waals surface area contributed by atoms with Gasteiger partial charge in [-0.05, 0) is 47.5 Å². The summed E-state index contributed by atoms with van der Waals surface area (Å²) in [5.41, 5.74) is 2.17. The summed E-state index contributed by atoms with van der Waals surface area (Å²) in [6.07, 6.45) is 3.97. The van der Waals surface area contributed by atoms with Gasteiger partial charge in [0, 0.05) is 10.6 Å². The van der Waals surface area contributed by atoms with Crippen LogP contribution in [0.3, 0.4) is 0 Å². The van der Waals surface area contributed by atoms with Crippen molar-refractivity contribution in [1.82, 2.24) is 0 Å². The van der Waals surface area contributed by atoms with Gasteiger partial charge in [-0.2, -0.15) is 0 Å². The molecule has 0 bridgehead atoms. The van der Waals surface area contributed by atoms with Crippen LogP contribution in [-0.2, 0) is 4.74 Å². The minimum atomic E-state index is -0.314. The van der Waals surface area contributed by atoms with Crippen LogP contribution < -0.4 is 0 Å². The van der Waals surface area contributed by atoms with Crippen LogP contribution in [0, 0.1) is 0 Å². The summed E-state index contributed by atoms with van der Waals surface area (Å²) >= 11 is 13.2. The summed E-state index contributed by atoms with van der Waals surface area (Å²) in [6, 6.07) is 0. The second kappa shape index (κ2) is 3.39. The smallest absolute Gasteiger partial charge is 0.172 e. The first kappa shape index (κ1) is 10.8. The van der Waals surface area contributed by atoms with Gasteiger partial charge < -0.3 is 4.74 Å². The van der Waals surface area contributed by atoms with Crippen molar-refractivity contribution in [3.8, 4) is 0 Å². The molecule has 1 nitrogen and oxygen atoms in total. The van der Waals surface area contributed by atoms with E-state index >= 15 is 0 Å². The number of halogens is 3. The maximum atomic E-state index is 6.19. The number of hydrogen-bond acceptors (Lipinski definition) is 1. The molecular weight excluding hydrogens is 331 g/mol. The van der Waals surface area contributed by atoms with Crippen LogP contribution in [0.5, 0.6) is 0 Å². The van der Waals surface area contributed by atoms with Crippen molar-refractivity contribution >= 4 is 43.5 Å². The average molecular weight is 340 g/mol. The van der Waals surface area contributed by atoms with Crippen molar-refractivity contribution in [2.45, 2.75) is 23.2 Å². The third-order valence-corrected chi connectivity index (χ3v) is 4.45. The summed E-state index contributed by atoms with van der Waals surface area (Å²) < 4.78 is 5.32. The zero-order valence-electron chi connectivity index (χ0n) is 7.77. The van der Waals surface area contributed by atoms with Crippen molar-refractivity contribution in [2.75, 3.05) is 0 Å². The van der Waals surface area contributed by atoms with E-state index in [0.717, 1.165) is 21.9 Å². The van der Waals surface area contributed by atoms with Gasteiger partial charge in [0.15, 0.2) is 5.01 Å². The Balaban J connectivity index is 2.57. The number of fused-ring (bicyclic) bond motifs is 1. The monoisotopic (exact) mass is 338 g/mol. The molecule has 0 N–H and O–H groups in total. The number of allylic oxidation sites excluding steroid dienone is 4. The maximum absolute atomic E-state index is 6.19. The molecule has 0 spiro atoms. The minimum absolute atomic E-state index is 0.0460. The third-order valence-electron chi connectivity index (χ3n) is 2.43. The largest absolute Gasteiger partial charge is 0.474 e. The molecule has 2 rings (SSSR count). The van der Waals surface area contributed by atoms with E-state index in [4.69, 9.17) is 16.3 Å². The van der Waals surface area contributed by atoms with Crippen molar-refractivity contribution < 1.29 is 4.74 Å². The van der Waals surface area contributed by atoms with Gasteiger partial charge in [-0.15, -0.1) is 0 Å². The van der Waals surface area contributed by atoms with Crippen molar-refractivity contribution in [1.29, 1.82) is 0 Å². The van der Waals surface area contributed by atoms with Crippen LogP contribution in [0.1, 0.15) is 13.8 Å². The van der Waals surface area contributed by atoms with Gasteiger partial charge in [0.2, 0.25) is 0 Å². The quantitative estimate of drug-likeness (QED) is 0.600. The van der Waals surface area contributed by atoms with E-state index in [1.54, 1.807) is 0 Å². The molecule has 1 aliphatic carbocycles. The van der Waals surface area contributed by atoms with E-state index in [0.29, 0.717) is 0 Å². The molecular formula is C10H9Br2ClO. The Bertz CT molecular complexity index is 380. The lowest BCUT2D eigenvalue weighted by molar-refractivity contribution is 0.250. The molecule has 0 aromatic rings. The zero-order chi connectivity index (χ0) is 10.5. The molecule has 0 saturated heterocycles. The van der Waals surface area contributed by atoms with Gasteiger partial charge in [0.1, 0.15) is 5.76 Å². The molecule has 0 aromatic carbocycles. The Morgan fingerprint density at radius 1 is 1.57 bits per heavy atom. The number of rotatable bonds is 0. The lowest BCUT2D eigenvalue weighted by atomic mass is 9.91. The maximum Gasteiger partial charge on any atom is 0.172 e.